The van der Waals surface area contributed by atoms with E-state index in [9.17, 15) is 14.2 Å². The number of nitrogens with zero attached hydrogens (tertiary/aromatic N) is 4. The van der Waals surface area contributed by atoms with Crippen molar-refractivity contribution in [3.8, 4) is 0 Å². The number of ether oxygens (including phenoxy) is 3. The van der Waals surface area contributed by atoms with Gasteiger partial charge in [0.2, 0.25) is 0 Å². The first-order valence-corrected chi connectivity index (χ1v) is 12.6. The normalized spacial score (nSPS) is 15.6. The molecule has 3 N–H and O–H groups in total. The summed E-state index contributed by atoms with van der Waals surface area (Å²) in [7, 11) is -3.01. The molecule has 13 nitrogen and oxygen atoms in total. The average Bonchev–Trinajstić information content (AvgIpc) is 3.18. The first kappa shape index (κ1) is 28.8. The minimum atomic E-state index is -3.01. The minimum absolute atomic E-state index is 0.0110. The molecule has 2 aromatic heterocycles. The van der Waals surface area contributed by atoms with Crippen LogP contribution in [0.4, 0.5) is 5.82 Å². The van der Waals surface area contributed by atoms with Crippen molar-refractivity contribution in [2.75, 3.05) is 18.9 Å². The second-order valence-corrected chi connectivity index (χ2v) is 9.73. The molecule has 14 heteroatoms. The maximum atomic E-state index is 12.6. The van der Waals surface area contributed by atoms with Crippen molar-refractivity contribution in [1.82, 2.24) is 24.6 Å². The van der Waals surface area contributed by atoms with Gasteiger partial charge in [-0.1, -0.05) is 0 Å². The number of nitrogens with one attached hydrogen (secondary N) is 1. The molecular formula is C21H35N6O7P. The molecule has 0 radical (unpaired) electrons. The molecule has 0 fully saturated rings. The van der Waals surface area contributed by atoms with Gasteiger partial charge < -0.3 is 33.8 Å². The first-order valence-electron chi connectivity index (χ1n) is 11.3. The molecule has 0 aliphatic heterocycles. The van der Waals surface area contributed by atoms with Crippen molar-refractivity contribution in [3.63, 3.8) is 0 Å². The Kier molecular flexibility index (Phi) is 10.7. The summed E-state index contributed by atoms with van der Waals surface area (Å²) in [6.45, 7) is 10.7. The van der Waals surface area contributed by atoms with Gasteiger partial charge in [0.1, 0.15) is 29.6 Å². The Morgan fingerprint density at radius 3 is 2.63 bits per heavy atom. The SMILES string of the molecule is CCOC(=O)C(C)(C)N[PH](=O)OC(C=O)[C@@H](CO[C@H](C)Cn1cnc2c(N)ncnc21)OC(C)C. The van der Waals surface area contributed by atoms with E-state index in [1.54, 1.807) is 31.7 Å². The number of hydrogen-bond donors (Lipinski definition) is 2. The Labute approximate surface area is 205 Å². The van der Waals surface area contributed by atoms with Gasteiger partial charge in [0.15, 0.2) is 17.8 Å². The monoisotopic (exact) mass is 514 g/mol. The molecule has 0 spiro atoms. The molecule has 0 aromatic carbocycles. The van der Waals surface area contributed by atoms with Crippen LogP contribution in [0, 0.1) is 0 Å². The Morgan fingerprint density at radius 2 is 2.00 bits per heavy atom. The molecule has 2 unspecified atom stereocenters. The highest BCUT2D eigenvalue weighted by Crippen LogP contribution is 2.27. The number of esters is 1. The zero-order valence-electron chi connectivity index (χ0n) is 20.9. The molecule has 2 rings (SSSR count). The average molecular weight is 515 g/mol. The van der Waals surface area contributed by atoms with Crippen LogP contribution in [0.2, 0.25) is 0 Å². The topological polar surface area (TPSA) is 170 Å². The molecular weight excluding hydrogens is 479 g/mol. The lowest BCUT2D eigenvalue weighted by Crippen LogP contribution is -2.45. The highest BCUT2D eigenvalue weighted by atomic mass is 31.1. The zero-order valence-corrected chi connectivity index (χ0v) is 21.9. The van der Waals surface area contributed by atoms with Crippen molar-refractivity contribution in [1.29, 1.82) is 0 Å². The number of fused-ring (bicyclic) bond motifs is 1. The third-order valence-electron chi connectivity index (χ3n) is 4.82. The van der Waals surface area contributed by atoms with Crippen molar-refractivity contribution < 1.29 is 32.9 Å². The predicted octanol–water partition coefficient (Wildman–Crippen LogP) is 1.51. The van der Waals surface area contributed by atoms with E-state index in [0.29, 0.717) is 24.0 Å². The standard InChI is InChI=1S/C21H35N6O7P/c1-7-31-20(29)21(5,6)26-35(30)34-15(9-28)16(33-13(2)3)10-32-14(4)8-27-12-25-17-18(22)23-11-24-19(17)27/h9,11-16,35H,7-8,10H2,1-6H3,(H,26,30)(H2,22,23,24)/t14-,15?,16-/m1/s1. The zero-order chi connectivity index (χ0) is 26.2. The van der Waals surface area contributed by atoms with Gasteiger partial charge in [-0.25, -0.2) is 20.0 Å². The summed E-state index contributed by atoms with van der Waals surface area (Å²) in [6, 6.07) is 0. The first-order chi connectivity index (χ1) is 16.5. The van der Waals surface area contributed by atoms with Crippen molar-refractivity contribution in [2.45, 2.75) is 78.0 Å². The van der Waals surface area contributed by atoms with Gasteiger partial charge in [-0.05, 0) is 41.5 Å². The van der Waals surface area contributed by atoms with Crippen LogP contribution in [0.25, 0.3) is 11.2 Å². The van der Waals surface area contributed by atoms with E-state index in [1.807, 2.05) is 6.92 Å². The number of carbonyl (C=O) groups excluding carboxylic acids is 2. The van der Waals surface area contributed by atoms with Crippen LogP contribution in [0.1, 0.15) is 41.5 Å². The second kappa shape index (κ2) is 13.0. The Hall–Kier alpha value is -2.44. The summed E-state index contributed by atoms with van der Waals surface area (Å²) in [4.78, 5) is 36.2. The van der Waals surface area contributed by atoms with Gasteiger partial charge in [0, 0.05) is 0 Å². The van der Waals surface area contributed by atoms with Crippen LogP contribution >= 0.6 is 8.18 Å². The number of rotatable bonds is 15. The van der Waals surface area contributed by atoms with Crippen LogP contribution in [-0.2, 0) is 39.4 Å². The Balaban J connectivity index is 2.01. The quantitative estimate of drug-likeness (QED) is 0.200. The maximum absolute atomic E-state index is 12.6. The van der Waals surface area contributed by atoms with Gasteiger partial charge in [-0.2, -0.15) is 0 Å². The van der Waals surface area contributed by atoms with Crippen LogP contribution in [0.15, 0.2) is 12.7 Å². The summed E-state index contributed by atoms with van der Waals surface area (Å²) >= 11 is 0. The fourth-order valence-electron chi connectivity index (χ4n) is 3.14. The van der Waals surface area contributed by atoms with E-state index in [-0.39, 0.29) is 31.2 Å². The molecule has 0 saturated heterocycles. The highest BCUT2D eigenvalue weighted by Gasteiger charge is 2.33. The lowest BCUT2D eigenvalue weighted by molar-refractivity contribution is -0.149. The third kappa shape index (κ3) is 8.32. The van der Waals surface area contributed by atoms with E-state index >= 15 is 0 Å². The molecule has 2 aromatic rings. The van der Waals surface area contributed by atoms with Crippen molar-refractivity contribution in [2.24, 2.45) is 0 Å². The largest absolute Gasteiger partial charge is 0.465 e. The number of aldehydes is 1. The molecule has 196 valence electrons. The molecule has 0 saturated carbocycles. The summed E-state index contributed by atoms with van der Waals surface area (Å²) < 4.78 is 36.5. The highest BCUT2D eigenvalue weighted by molar-refractivity contribution is 7.36. The van der Waals surface area contributed by atoms with Gasteiger partial charge >= 0.3 is 5.97 Å². The van der Waals surface area contributed by atoms with Crippen molar-refractivity contribution in [3.05, 3.63) is 12.7 Å². The third-order valence-corrected chi connectivity index (χ3v) is 6.13. The fourth-order valence-corrected chi connectivity index (χ4v) is 4.27. The summed E-state index contributed by atoms with van der Waals surface area (Å²) in [5, 5.41) is 2.59. The van der Waals surface area contributed by atoms with E-state index in [4.69, 9.17) is 24.5 Å². The molecule has 35 heavy (non-hydrogen) atoms. The van der Waals surface area contributed by atoms with Crippen LogP contribution in [-0.4, -0.2) is 74.9 Å². The molecule has 0 aliphatic rings. The van der Waals surface area contributed by atoms with Crippen LogP contribution < -0.4 is 10.8 Å². The number of nitrogens with two attached hydrogens (primary N) is 1. The fraction of sp³-hybridized carbons (Fsp3) is 0.667. The predicted molar refractivity (Wildman–Crippen MR) is 129 cm³/mol. The Bertz CT molecular complexity index is 1020. The second-order valence-electron chi connectivity index (χ2n) is 8.67. The summed E-state index contributed by atoms with van der Waals surface area (Å²) in [5.74, 6) is -0.301. The van der Waals surface area contributed by atoms with Gasteiger partial charge in [-0.15, -0.1) is 0 Å². The number of hydrogen-bond acceptors (Lipinski definition) is 11. The molecule has 2 heterocycles. The van der Waals surface area contributed by atoms with Crippen LogP contribution in [0.5, 0.6) is 0 Å². The lowest BCUT2D eigenvalue weighted by atomic mass is 10.1. The van der Waals surface area contributed by atoms with Crippen molar-refractivity contribution >= 4 is 37.4 Å². The van der Waals surface area contributed by atoms with E-state index in [1.165, 1.54) is 20.2 Å². The number of imidazole rings is 1. The number of nitrogen functional groups attached to an aromatic ring is 1. The number of carbonyl (C=O) groups is 2. The maximum Gasteiger partial charge on any atom is 0.326 e. The summed E-state index contributed by atoms with van der Waals surface area (Å²) in [5.41, 5.74) is 5.64. The molecule has 0 bridgehead atoms. The van der Waals surface area contributed by atoms with E-state index in [2.05, 4.69) is 20.0 Å². The Morgan fingerprint density at radius 1 is 1.29 bits per heavy atom. The van der Waals surface area contributed by atoms with Crippen LogP contribution in [0.3, 0.4) is 0 Å². The molecule has 0 aliphatic carbocycles. The van der Waals surface area contributed by atoms with Gasteiger partial charge in [0.05, 0.1) is 38.3 Å². The van der Waals surface area contributed by atoms with E-state index < -0.39 is 31.9 Å². The number of aromatic nitrogens is 4. The smallest absolute Gasteiger partial charge is 0.326 e. The molecule has 4 atom stereocenters. The molecule has 0 amide bonds. The van der Waals surface area contributed by atoms with E-state index in [0.717, 1.165) is 0 Å². The summed E-state index contributed by atoms with van der Waals surface area (Å²) in [6.07, 6.45) is 0.848. The van der Waals surface area contributed by atoms with Gasteiger partial charge in [-0.3, -0.25) is 9.36 Å². The number of anilines is 1. The van der Waals surface area contributed by atoms with Gasteiger partial charge in [0.25, 0.3) is 8.18 Å². The minimum Gasteiger partial charge on any atom is -0.465 e. The lowest BCUT2D eigenvalue weighted by Gasteiger charge is -2.28.